The van der Waals surface area contributed by atoms with Gasteiger partial charge >= 0.3 is 18.1 Å². The van der Waals surface area contributed by atoms with Crippen LogP contribution in [0, 0.1) is 0 Å². The Morgan fingerprint density at radius 1 is 1.52 bits per heavy atom. The molecule has 0 fully saturated rings. The van der Waals surface area contributed by atoms with Gasteiger partial charge in [-0.3, -0.25) is 0 Å². The highest BCUT2D eigenvalue weighted by atomic mass is 19.4. The number of carbonyl (C=O) groups is 2. The molecular weight excluding hydrogens is 295 g/mol. The van der Waals surface area contributed by atoms with Gasteiger partial charge in [-0.2, -0.15) is 13.2 Å². The average molecular weight is 309 g/mol. The van der Waals surface area contributed by atoms with Crippen LogP contribution in [0.4, 0.5) is 13.2 Å². The lowest BCUT2D eigenvalue weighted by atomic mass is 10.2. The van der Waals surface area contributed by atoms with Gasteiger partial charge in [-0.1, -0.05) is 0 Å². The molecule has 1 aliphatic heterocycles. The number of aliphatic carboxylic acids is 1. The molecule has 7 nitrogen and oxygen atoms in total. The zero-order chi connectivity index (χ0) is 16.2. The fourth-order valence-electron chi connectivity index (χ4n) is 1.65. The highest BCUT2D eigenvalue weighted by Crippen LogP contribution is 2.14. The summed E-state index contributed by atoms with van der Waals surface area (Å²) in [5, 5.41) is 10.4. The Morgan fingerprint density at radius 3 is 2.57 bits per heavy atom. The number of alkyl halides is 3. The SMILES string of the molecule is COC(=O)c1ncn2c1CN[C@@H](C)C2.O=C(O)C(F)(F)F. The highest BCUT2D eigenvalue weighted by Gasteiger charge is 2.38. The van der Waals surface area contributed by atoms with E-state index in [4.69, 9.17) is 9.90 Å². The Bertz CT molecular complexity index is 527. The van der Waals surface area contributed by atoms with Gasteiger partial charge in [-0.15, -0.1) is 0 Å². The minimum Gasteiger partial charge on any atom is -0.475 e. The fraction of sp³-hybridized carbons (Fsp3) is 0.545. The number of hydrogen-bond acceptors (Lipinski definition) is 5. The summed E-state index contributed by atoms with van der Waals surface area (Å²) in [5.41, 5.74) is 1.34. The maximum Gasteiger partial charge on any atom is 0.490 e. The van der Waals surface area contributed by atoms with Crippen LogP contribution in [0.3, 0.4) is 0 Å². The van der Waals surface area contributed by atoms with Crippen LogP contribution in [0.25, 0.3) is 0 Å². The number of methoxy groups -OCH3 is 1. The number of hydrogen-bond donors (Lipinski definition) is 2. The van der Waals surface area contributed by atoms with Crippen LogP contribution in [0.15, 0.2) is 6.33 Å². The quantitative estimate of drug-likeness (QED) is 0.745. The van der Waals surface area contributed by atoms with E-state index in [1.165, 1.54) is 7.11 Å². The number of aromatic nitrogens is 2. The first-order valence-electron chi connectivity index (χ1n) is 5.82. The third kappa shape index (κ3) is 4.45. The fourth-order valence-corrected chi connectivity index (χ4v) is 1.65. The number of nitrogens with one attached hydrogen (secondary N) is 1. The number of halogens is 3. The summed E-state index contributed by atoms with van der Waals surface area (Å²) in [5.74, 6) is -3.12. The highest BCUT2D eigenvalue weighted by molar-refractivity contribution is 5.88. The number of ether oxygens (including phenoxy) is 1. The Hall–Kier alpha value is -2.10. The van der Waals surface area contributed by atoms with E-state index in [1.54, 1.807) is 6.33 Å². The molecule has 2 N–H and O–H groups in total. The summed E-state index contributed by atoms with van der Waals surface area (Å²) in [4.78, 5) is 24.2. The third-order valence-corrected chi connectivity index (χ3v) is 2.66. The summed E-state index contributed by atoms with van der Waals surface area (Å²) in [6.45, 7) is 3.62. The van der Waals surface area contributed by atoms with Crippen molar-refractivity contribution in [1.29, 1.82) is 0 Å². The summed E-state index contributed by atoms with van der Waals surface area (Å²) in [6, 6.07) is 0.419. The van der Waals surface area contributed by atoms with Crippen LogP contribution in [-0.4, -0.2) is 45.9 Å². The Labute approximate surface area is 117 Å². The van der Waals surface area contributed by atoms with E-state index in [9.17, 15) is 18.0 Å². The smallest absolute Gasteiger partial charge is 0.475 e. The van der Waals surface area contributed by atoms with Crippen molar-refractivity contribution < 1.29 is 32.6 Å². The van der Waals surface area contributed by atoms with E-state index < -0.39 is 12.1 Å². The standard InChI is InChI=1S/C9H13N3O2.C2HF3O2/c1-6-4-12-5-11-8(9(13)14-2)7(12)3-10-6;3-2(4,5)1(6)7/h5-6,10H,3-4H2,1-2H3;(H,6,7)/t6-;/m0./s1. The van der Waals surface area contributed by atoms with Gasteiger partial charge in [0.1, 0.15) is 0 Å². The predicted molar refractivity (Wildman–Crippen MR) is 63.6 cm³/mol. The number of esters is 1. The van der Waals surface area contributed by atoms with Gasteiger partial charge in [0.25, 0.3) is 0 Å². The minimum atomic E-state index is -5.08. The summed E-state index contributed by atoms with van der Waals surface area (Å²) < 4.78 is 38.4. The molecule has 0 radical (unpaired) electrons. The number of imidazole rings is 1. The van der Waals surface area contributed by atoms with Crippen LogP contribution in [0.5, 0.6) is 0 Å². The molecule has 10 heteroatoms. The predicted octanol–water partition coefficient (Wildman–Crippen LogP) is 0.795. The molecule has 1 aromatic heterocycles. The van der Waals surface area contributed by atoms with Gasteiger partial charge in [0, 0.05) is 19.1 Å². The first-order chi connectivity index (χ1) is 9.66. The van der Waals surface area contributed by atoms with Crippen molar-refractivity contribution in [3.05, 3.63) is 17.7 Å². The maximum atomic E-state index is 11.3. The molecule has 0 saturated heterocycles. The van der Waals surface area contributed by atoms with E-state index in [-0.39, 0.29) is 5.97 Å². The van der Waals surface area contributed by atoms with E-state index in [1.807, 2.05) is 4.57 Å². The molecule has 0 aromatic carbocycles. The average Bonchev–Trinajstić information content (AvgIpc) is 2.80. The van der Waals surface area contributed by atoms with Gasteiger partial charge in [-0.25, -0.2) is 14.6 Å². The Morgan fingerprint density at radius 2 is 2.10 bits per heavy atom. The van der Waals surface area contributed by atoms with Gasteiger partial charge in [-0.05, 0) is 6.92 Å². The van der Waals surface area contributed by atoms with Crippen molar-refractivity contribution in [1.82, 2.24) is 14.9 Å². The molecule has 0 spiro atoms. The molecule has 0 bridgehead atoms. The summed E-state index contributed by atoms with van der Waals surface area (Å²) in [7, 11) is 1.37. The largest absolute Gasteiger partial charge is 0.490 e. The first kappa shape index (κ1) is 17.0. The molecule has 118 valence electrons. The summed E-state index contributed by atoms with van der Waals surface area (Å²) >= 11 is 0. The topological polar surface area (TPSA) is 93.5 Å². The van der Waals surface area contributed by atoms with Gasteiger partial charge < -0.3 is 19.7 Å². The van der Waals surface area contributed by atoms with E-state index in [0.29, 0.717) is 18.3 Å². The van der Waals surface area contributed by atoms with Crippen LogP contribution < -0.4 is 5.32 Å². The lowest BCUT2D eigenvalue weighted by molar-refractivity contribution is -0.192. The second kappa shape index (κ2) is 6.57. The second-order valence-corrected chi connectivity index (χ2v) is 4.27. The van der Waals surface area contributed by atoms with Crippen molar-refractivity contribution in [3.8, 4) is 0 Å². The lowest BCUT2D eigenvalue weighted by Gasteiger charge is -2.22. The molecule has 0 saturated carbocycles. The second-order valence-electron chi connectivity index (χ2n) is 4.27. The van der Waals surface area contributed by atoms with Gasteiger partial charge in [0.2, 0.25) is 0 Å². The molecule has 21 heavy (non-hydrogen) atoms. The number of carbonyl (C=O) groups excluding carboxylic acids is 1. The van der Waals surface area contributed by atoms with Crippen molar-refractivity contribution in [2.45, 2.75) is 32.2 Å². The molecule has 0 unspecified atom stereocenters. The van der Waals surface area contributed by atoms with E-state index in [2.05, 4.69) is 22.0 Å². The zero-order valence-corrected chi connectivity index (χ0v) is 11.3. The normalized spacial score (nSPS) is 17.3. The molecule has 1 atom stereocenters. The molecule has 1 aliphatic rings. The van der Waals surface area contributed by atoms with Crippen molar-refractivity contribution in [2.24, 2.45) is 0 Å². The van der Waals surface area contributed by atoms with Gasteiger partial charge in [0.15, 0.2) is 5.69 Å². The van der Waals surface area contributed by atoms with E-state index >= 15 is 0 Å². The van der Waals surface area contributed by atoms with Crippen LogP contribution in [-0.2, 0) is 22.6 Å². The molecule has 2 rings (SSSR count). The lowest BCUT2D eigenvalue weighted by Crippen LogP contribution is -2.36. The maximum absolute atomic E-state index is 11.3. The number of rotatable bonds is 1. The zero-order valence-electron chi connectivity index (χ0n) is 11.3. The number of carboxylic acids is 1. The molecule has 0 amide bonds. The molecule has 1 aromatic rings. The third-order valence-electron chi connectivity index (χ3n) is 2.66. The van der Waals surface area contributed by atoms with Crippen molar-refractivity contribution in [2.75, 3.05) is 7.11 Å². The molecule has 2 heterocycles. The molecular formula is C11H14F3N3O4. The summed E-state index contributed by atoms with van der Waals surface area (Å²) in [6.07, 6.45) is -3.39. The van der Waals surface area contributed by atoms with Crippen molar-refractivity contribution >= 4 is 11.9 Å². The first-order valence-corrected chi connectivity index (χ1v) is 5.82. The minimum absolute atomic E-state index is 0.366. The number of fused-ring (bicyclic) bond motifs is 1. The van der Waals surface area contributed by atoms with Crippen LogP contribution >= 0.6 is 0 Å². The number of carboxylic acid groups (broad SMARTS) is 1. The Balaban J connectivity index is 0.000000270. The Kier molecular flexibility index (Phi) is 5.30. The van der Waals surface area contributed by atoms with Crippen molar-refractivity contribution in [3.63, 3.8) is 0 Å². The number of nitrogens with zero attached hydrogens (tertiary/aromatic N) is 2. The van der Waals surface area contributed by atoms with Crippen LogP contribution in [0.2, 0.25) is 0 Å². The molecule has 0 aliphatic carbocycles. The van der Waals surface area contributed by atoms with E-state index in [0.717, 1.165) is 12.2 Å². The van der Waals surface area contributed by atoms with Crippen LogP contribution in [0.1, 0.15) is 23.1 Å². The van der Waals surface area contributed by atoms with Gasteiger partial charge in [0.05, 0.1) is 19.1 Å². The monoisotopic (exact) mass is 309 g/mol.